The lowest BCUT2D eigenvalue weighted by molar-refractivity contribution is -0.202. The van der Waals surface area contributed by atoms with Crippen LogP contribution in [0.2, 0.25) is 0 Å². The Morgan fingerprint density at radius 1 is 1.18 bits per heavy atom. The zero-order chi connectivity index (χ0) is 12.9. The van der Waals surface area contributed by atoms with Gasteiger partial charge in [-0.3, -0.25) is 0 Å². The fourth-order valence-corrected chi connectivity index (χ4v) is 1.34. The van der Waals surface area contributed by atoms with Crippen LogP contribution < -0.4 is 5.32 Å². The van der Waals surface area contributed by atoms with E-state index < -0.39 is 24.9 Å². The Morgan fingerprint density at radius 2 is 1.76 bits per heavy atom. The molecule has 0 heterocycles. The molecule has 0 aliphatic rings. The number of nitrogens with one attached hydrogen (secondary N) is 1. The van der Waals surface area contributed by atoms with Crippen molar-refractivity contribution >= 4 is 0 Å². The highest BCUT2D eigenvalue weighted by molar-refractivity contribution is 5.18. The van der Waals surface area contributed by atoms with Gasteiger partial charge in [-0.25, -0.2) is 0 Å². The standard InChI is InChI=1S/C11H14F3NO2/c12-11(13,14)10(17)6-15-9(7-16)8-4-2-1-3-5-8/h1-5,9-10,15-17H,6-7H2/t9-,10+/m1/s1. The van der Waals surface area contributed by atoms with Gasteiger partial charge in [-0.2, -0.15) is 13.2 Å². The third-order valence-electron chi connectivity index (χ3n) is 2.32. The van der Waals surface area contributed by atoms with E-state index in [2.05, 4.69) is 5.32 Å². The van der Waals surface area contributed by atoms with Crippen molar-refractivity contribution in [3.8, 4) is 0 Å². The van der Waals surface area contributed by atoms with Gasteiger partial charge in [0.05, 0.1) is 12.6 Å². The van der Waals surface area contributed by atoms with Crippen LogP contribution in [0.3, 0.4) is 0 Å². The molecule has 0 saturated carbocycles. The number of rotatable bonds is 5. The van der Waals surface area contributed by atoms with E-state index in [1.165, 1.54) is 0 Å². The maximum Gasteiger partial charge on any atom is 0.415 e. The van der Waals surface area contributed by atoms with Crippen molar-refractivity contribution < 1.29 is 23.4 Å². The molecule has 0 aromatic heterocycles. The average Bonchev–Trinajstić information content (AvgIpc) is 2.29. The van der Waals surface area contributed by atoms with E-state index in [9.17, 15) is 13.2 Å². The van der Waals surface area contributed by atoms with E-state index in [4.69, 9.17) is 10.2 Å². The number of aliphatic hydroxyl groups is 2. The molecule has 0 spiro atoms. The van der Waals surface area contributed by atoms with Crippen LogP contribution in [-0.4, -0.2) is 35.6 Å². The Labute approximate surface area is 96.9 Å². The van der Waals surface area contributed by atoms with E-state index in [-0.39, 0.29) is 6.61 Å². The fourth-order valence-electron chi connectivity index (χ4n) is 1.34. The molecular weight excluding hydrogens is 235 g/mol. The highest BCUT2D eigenvalue weighted by atomic mass is 19.4. The summed E-state index contributed by atoms with van der Waals surface area (Å²) in [5, 5.41) is 20.3. The molecule has 1 rings (SSSR count). The lowest BCUT2D eigenvalue weighted by atomic mass is 10.1. The number of hydrogen-bond donors (Lipinski definition) is 3. The minimum atomic E-state index is -4.65. The smallest absolute Gasteiger partial charge is 0.394 e. The van der Waals surface area contributed by atoms with Crippen LogP contribution in [0.5, 0.6) is 0 Å². The summed E-state index contributed by atoms with van der Waals surface area (Å²) in [5.74, 6) is 0. The van der Waals surface area contributed by atoms with Crippen molar-refractivity contribution in [2.75, 3.05) is 13.2 Å². The maximum absolute atomic E-state index is 12.1. The summed E-state index contributed by atoms with van der Waals surface area (Å²) in [7, 11) is 0. The quantitative estimate of drug-likeness (QED) is 0.735. The van der Waals surface area contributed by atoms with Gasteiger partial charge in [0.15, 0.2) is 6.10 Å². The summed E-state index contributed by atoms with van der Waals surface area (Å²) in [6.45, 7) is -0.988. The number of hydrogen-bond acceptors (Lipinski definition) is 3. The Hall–Kier alpha value is -1.11. The van der Waals surface area contributed by atoms with Crippen molar-refractivity contribution in [2.24, 2.45) is 0 Å². The van der Waals surface area contributed by atoms with Crippen molar-refractivity contribution in [3.63, 3.8) is 0 Å². The zero-order valence-electron chi connectivity index (χ0n) is 8.98. The van der Waals surface area contributed by atoms with Crippen molar-refractivity contribution in [1.82, 2.24) is 5.32 Å². The van der Waals surface area contributed by atoms with Gasteiger partial charge >= 0.3 is 6.18 Å². The van der Waals surface area contributed by atoms with E-state index in [0.717, 1.165) is 0 Å². The summed E-state index contributed by atoms with van der Waals surface area (Å²) < 4.78 is 36.2. The second-order valence-electron chi connectivity index (χ2n) is 3.61. The summed E-state index contributed by atoms with van der Waals surface area (Å²) >= 11 is 0. The first-order valence-corrected chi connectivity index (χ1v) is 5.09. The molecule has 0 radical (unpaired) electrons. The molecule has 0 amide bonds. The summed E-state index contributed by atoms with van der Waals surface area (Å²) in [6, 6.07) is 7.97. The molecule has 6 heteroatoms. The van der Waals surface area contributed by atoms with E-state index >= 15 is 0 Å². The minimum Gasteiger partial charge on any atom is -0.394 e. The molecule has 96 valence electrons. The molecule has 2 atom stereocenters. The monoisotopic (exact) mass is 249 g/mol. The van der Waals surface area contributed by atoms with Gasteiger partial charge in [-0.05, 0) is 5.56 Å². The van der Waals surface area contributed by atoms with Gasteiger partial charge in [0, 0.05) is 6.54 Å². The Bertz CT molecular complexity index is 329. The molecule has 0 aliphatic carbocycles. The molecular formula is C11H14F3NO2. The third-order valence-corrected chi connectivity index (χ3v) is 2.32. The van der Waals surface area contributed by atoms with Gasteiger partial charge in [0.2, 0.25) is 0 Å². The lowest BCUT2D eigenvalue weighted by Crippen LogP contribution is -2.40. The normalized spacial score (nSPS) is 15.6. The van der Waals surface area contributed by atoms with E-state index in [1.54, 1.807) is 30.3 Å². The predicted octanol–water partition coefficient (Wildman–Crippen LogP) is 1.23. The lowest BCUT2D eigenvalue weighted by Gasteiger charge is -2.20. The van der Waals surface area contributed by atoms with Crippen LogP contribution in [0.15, 0.2) is 30.3 Å². The van der Waals surface area contributed by atoms with Crippen molar-refractivity contribution in [1.29, 1.82) is 0 Å². The van der Waals surface area contributed by atoms with Crippen LogP contribution in [-0.2, 0) is 0 Å². The topological polar surface area (TPSA) is 52.5 Å². The zero-order valence-corrected chi connectivity index (χ0v) is 8.98. The number of benzene rings is 1. The van der Waals surface area contributed by atoms with Gasteiger partial charge in [-0.1, -0.05) is 30.3 Å². The minimum absolute atomic E-state index is 0.339. The average molecular weight is 249 g/mol. The second-order valence-corrected chi connectivity index (χ2v) is 3.61. The maximum atomic E-state index is 12.1. The summed E-state index contributed by atoms with van der Waals surface area (Å²) in [6.07, 6.45) is -7.08. The Kier molecular flexibility index (Phi) is 4.92. The molecule has 1 aromatic carbocycles. The first-order valence-electron chi connectivity index (χ1n) is 5.09. The predicted molar refractivity (Wildman–Crippen MR) is 56.3 cm³/mol. The summed E-state index contributed by atoms with van der Waals surface area (Å²) in [4.78, 5) is 0. The van der Waals surface area contributed by atoms with E-state index in [0.29, 0.717) is 5.56 Å². The van der Waals surface area contributed by atoms with Gasteiger partial charge < -0.3 is 15.5 Å². The Balaban J connectivity index is 2.55. The summed E-state index contributed by atoms with van der Waals surface area (Å²) in [5.41, 5.74) is 0.671. The fraction of sp³-hybridized carbons (Fsp3) is 0.455. The van der Waals surface area contributed by atoms with Crippen LogP contribution in [0.4, 0.5) is 13.2 Å². The molecule has 0 unspecified atom stereocenters. The molecule has 0 fully saturated rings. The SMILES string of the molecule is OC[C@@H](NC[C@H](O)C(F)(F)F)c1ccccc1. The van der Waals surface area contributed by atoms with Crippen LogP contribution in [0, 0.1) is 0 Å². The largest absolute Gasteiger partial charge is 0.415 e. The Morgan fingerprint density at radius 3 is 2.24 bits per heavy atom. The molecule has 0 saturated heterocycles. The number of alkyl halides is 3. The molecule has 3 nitrogen and oxygen atoms in total. The van der Waals surface area contributed by atoms with Gasteiger partial charge in [-0.15, -0.1) is 0 Å². The molecule has 17 heavy (non-hydrogen) atoms. The highest BCUT2D eigenvalue weighted by Crippen LogP contribution is 2.20. The van der Waals surface area contributed by atoms with Crippen molar-refractivity contribution in [2.45, 2.75) is 18.3 Å². The first-order chi connectivity index (χ1) is 7.95. The number of halogens is 3. The van der Waals surface area contributed by atoms with Crippen LogP contribution in [0.1, 0.15) is 11.6 Å². The molecule has 3 N–H and O–H groups in total. The second kappa shape index (κ2) is 6.00. The van der Waals surface area contributed by atoms with Gasteiger partial charge in [0.1, 0.15) is 0 Å². The molecule has 0 bridgehead atoms. The van der Waals surface area contributed by atoms with Crippen LogP contribution in [0.25, 0.3) is 0 Å². The van der Waals surface area contributed by atoms with Crippen molar-refractivity contribution in [3.05, 3.63) is 35.9 Å². The van der Waals surface area contributed by atoms with Gasteiger partial charge in [0.25, 0.3) is 0 Å². The van der Waals surface area contributed by atoms with E-state index in [1.807, 2.05) is 0 Å². The molecule has 1 aromatic rings. The molecule has 0 aliphatic heterocycles. The third kappa shape index (κ3) is 4.33. The van der Waals surface area contributed by atoms with Crippen LogP contribution >= 0.6 is 0 Å². The highest BCUT2D eigenvalue weighted by Gasteiger charge is 2.38. The number of aliphatic hydroxyl groups excluding tert-OH is 2. The first kappa shape index (κ1) is 14.0.